The molecule has 0 fully saturated rings. The molecule has 2 aromatic heterocycles. The van der Waals surface area contributed by atoms with Gasteiger partial charge in [-0.3, -0.25) is 0 Å². The van der Waals surface area contributed by atoms with Gasteiger partial charge in [-0.25, -0.2) is 18.4 Å². The highest BCUT2D eigenvalue weighted by Gasteiger charge is 2.21. The summed E-state index contributed by atoms with van der Waals surface area (Å²) in [5, 5.41) is 2.82. The summed E-state index contributed by atoms with van der Waals surface area (Å²) < 4.78 is 32.2. The zero-order chi connectivity index (χ0) is 14.8. The number of hydrogen-bond acceptors (Lipinski definition) is 6. The lowest BCUT2D eigenvalue weighted by molar-refractivity contribution is 0.428. The molecule has 2 rings (SSSR count). The molecule has 0 aliphatic heterocycles. The predicted octanol–water partition coefficient (Wildman–Crippen LogP) is 1.46. The molecule has 0 bridgehead atoms. The molecule has 0 aromatic carbocycles. The Labute approximate surface area is 117 Å². The van der Waals surface area contributed by atoms with Crippen molar-refractivity contribution < 1.29 is 12.8 Å². The van der Waals surface area contributed by atoms with Gasteiger partial charge in [0.25, 0.3) is 0 Å². The predicted molar refractivity (Wildman–Crippen MR) is 73.8 cm³/mol. The molecule has 0 radical (unpaired) electrons. The maximum absolute atomic E-state index is 12.2. The number of anilines is 1. The maximum atomic E-state index is 12.2. The third-order valence-corrected chi connectivity index (χ3v) is 4.17. The largest absolute Gasteiger partial charge is 0.444 e. The summed E-state index contributed by atoms with van der Waals surface area (Å²) in [6, 6.07) is 2.51. The van der Waals surface area contributed by atoms with Gasteiger partial charge in [-0.15, -0.1) is 0 Å². The van der Waals surface area contributed by atoms with Gasteiger partial charge in [0.2, 0.25) is 15.9 Å². The van der Waals surface area contributed by atoms with Crippen molar-refractivity contribution in [1.82, 2.24) is 14.7 Å². The molecular weight excluding hydrogens is 280 g/mol. The summed E-state index contributed by atoms with van der Waals surface area (Å²) in [4.78, 5) is 8.07. The molecule has 108 valence electrons. The zero-order valence-corrected chi connectivity index (χ0v) is 12.2. The van der Waals surface area contributed by atoms with E-state index in [2.05, 4.69) is 20.0 Å². The number of nitrogens with one attached hydrogen (secondary N) is 2. The molecule has 0 saturated heterocycles. The summed E-state index contributed by atoms with van der Waals surface area (Å²) in [6.07, 6.45) is 2.84. The average Bonchev–Trinajstić information content (AvgIpc) is 2.85. The minimum absolute atomic E-state index is 0.0895. The minimum Gasteiger partial charge on any atom is -0.444 e. The van der Waals surface area contributed by atoms with Crippen LogP contribution in [-0.4, -0.2) is 25.4 Å². The normalized spacial score (nSPS) is 13.2. The van der Waals surface area contributed by atoms with Crippen LogP contribution < -0.4 is 10.0 Å². The Hall–Kier alpha value is -1.93. The van der Waals surface area contributed by atoms with Crippen LogP contribution in [0.25, 0.3) is 0 Å². The highest BCUT2D eigenvalue weighted by Crippen LogP contribution is 2.17. The molecule has 2 N–H and O–H groups in total. The highest BCUT2D eigenvalue weighted by atomic mass is 32.2. The van der Waals surface area contributed by atoms with E-state index in [1.54, 1.807) is 33.2 Å². The summed E-state index contributed by atoms with van der Waals surface area (Å²) in [5.74, 6) is 1.55. The molecule has 2 aromatic rings. The molecule has 0 amide bonds. The Morgan fingerprint density at radius 1 is 1.25 bits per heavy atom. The van der Waals surface area contributed by atoms with Crippen LogP contribution in [0.4, 0.5) is 5.82 Å². The van der Waals surface area contributed by atoms with Gasteiger partial charge in [0, 0.05) is 13.2 Å². The van der Waals surface area contributed by atoms with Gasteiger partial charge in [0.05, 0.1) is 12.2 Å². The van der Waals surface area contributed by atoms with Crippen LogP contribution in [0, 0.1) is 6.92 Å². The van der Waals surface area contributed by atoms with Gasteiger partial charge < -0.3 is 9.73 Å². The second-order valence-electron chi connectivity index (χ2n) is 4.28. The van der Waals surface area contributed by atoms with Crippen LogP contribution in [0.2, 0.25) is 0 Å². The fourth-order valence-corrected chi connectivity index (χ4v) is 2.75. The Morgan fingerprint density at radius 2 is 2.00 bits per heavy atom. The van der Waals surface area contributed by atoms with Gasteiger partial charge in [-0.1, -0.05) is 0 Å². The smallest absolute Gasteiger partial charge is 0.242 e. The van der Waals surface area contributed by atoms with E-state index in [0.717, 1.165) is 0 Å². The molecule has 20 heavy (non-hydrogen) atoms. The molecule has 8 heteroatoms. The van der Waals surface area contributed by atoms with E-state index in [1.807, 2.05) is 0 Å². The summed E-state index contributed by atoms with van der Waals surface area (Å²) >= 11 is 0. The number of aromatic nitrogens is 2. The summed E-state index contributed by atoms with van der Waals surface area (Å²) in [6.45, 7) is 3.41. The Balaban J connectivity index is 2.17. The lowest BCUT2D eigenvalue weighted by Crippen LogP contribution is -2.27. The van der Waals surface area contributed by atoms with Crippen LogP contribution in [0.1, 0.15) is 24.6 Å². The number of pyridine rings is 1. The Morgan fingerprint density at radius 3 is 2.50 bits per heavy atom. The average molecular weight is 296 g/mol. The molecular formula is C12H16N4O3S. The first kappa shape index (κ1) is 14.5. The first-order valence-corrected chi connectivity index (χ1v) is 7.49. The second-order valence-corrected chi connectivity index (χ2v) is 6.00. The van der Waals surface area contributed by atoms with E-state index in [4.69, 9.17) is 4.42 Å². The van der Waals surface area contributed by atoms with Crippen LogP contribution in [0.5, 0.6) is 0 Å². The van der Waals surface area contributed by atoms with E-state index in [0.29, 0.717) is 17.5 Å². The third kappa shape index (κ3) is 3.14. The fourth-order valence-electron chi connectivity index (χ4n) is 1.61. The molecule has 7 nitrogen and oxygen atoms in total. The van der Waals surface area contributed by atoms with Gasteiger partial charge >= 0.3 is 0 Å². The van der Waals surface area contributed by atoms with Gasteiger partial charge in [-0.05, 0) is 26.0 Å². The zero-order valence-electron chi connectivity index (χ0n) is 11.4. The third-order valence-electron chi connectivity index (χ3n) is 2.64. The van der Waals surface area contributed by atoms with Crippen LogP contribution in [0.3, 0.4) is 0 Å². The molecule has 1 unspecified atom stereocenters. The molecule has 2 heterocycles. The second kappa shape index (κ2) is 5.59. The van der Waals surface area contributed by atoms with Crippen molar-refractivity contribution >= 4 is 15.8 Å². The first-order valence-electron chi connectivity index (χ1n) is 6.01. The lowest BCUT2D eigenvalue weighted by Gasteiger charge is -2.11. The van der Waals surface area contributed by atoms with Crippen molar-refractivity contribution in [3.8, 4) is 0 Å². The maximum Gasteiger partial charge on any atom is 0.242 e. The van der Waals surface area contributed by atoms with E-state index >= 15 is 0 Å². The molecule has 0 saturated carbocycles. The number of sulfonamides is 1. The summed E-state index contributed by atoms with van der Waals surface area (Å²) in [7, 11) is -1.95. The van der Waals surface area contributed by atoms with Crippen LogP contribution in [-0.2, 0) is 10.0 Å². The van der Waals surface area contributed by atoms with Gasteiger partial charge in [0.15, 0.2) is 0 Å². The Kier molecular flexibility index (Phi) is 4.05. The number of rotatable bonds is 5. The molecule has 1 atom stereocenters. The van der Waals surface area contributed by atoms with E-state index < -0.39 is 16.1 Å². The minimum atomic E-state index is -3.66. The SMILES string of the molecule is CNc1ccc(S(=O)(=O)NC(C)c2ncc(C)o2)cn1. The van der Waals surface area contributed by atoms with Gasteiger partial charge in [-0.2, -0.15) is 4.72 Å². The quantitative estimate of drug-likeness (QED) is 0.867. The summed E-state index contributed by atoms with van der Waals surface area (Å²) in [5.41, 5.74) is 0. The van der Waals surface area contributed by atoms with Crippen molar-refractivity contribution in [2.75, 3.05) is 12.4 Å². The highest BCUT2D eigenvalue weighted by molar-refractivity contribution is 7.89. The number of nitrogens with zero attached hydrogens (tertiary/aromatic N) is 2. The monoisotopic (exact) mass is 296 g/mol. The topological polar surface area (TPSA) is 97.1 Å². The number of aryl methyl sites for hydroxylation is 1. The Bertz CT molecular complexity index is 679. The van der Waals surface area contributed by atoms with Crippen molar-refractivity contribution in [2.24, 2.45) is 0 Å². The van der Waals surface area contributed by atoms with Crippen molar-refractivity contribution in [3.63, 3.8) is 0 Å². The van der Waals surface area contributed by atoms with Crippen molar-refractivity contribution in [1.29, 1.82) is 0 Å². The lowest BCUT2D eigenvalue weighted by atomic mass is 10.4. The van der Waals surface area contributed by atoms with Gasteiger partial charge in [0.1, 0.15) is 16.5 Å². The van der Waals surface area contributed by atoms with Crippen LogP contribution >= 0.6 is 0 Å². The number of oxazole rings is 1. The standard InChI is InChI=1S/C12H16N4O3S/c1-8-6-15-12(19-8)9(2)16-20(17,18)10-4-5-11(13-3)14-7-10/h4-7,9,16H,1-3H3,(H,13,14). The van der Waals surface area contributed by atoms with Crippen LogP contribution in [0.15, 0.2) is 33.8 Å². The van der Waals surface area contributed by atoms with E-state index in [1.165, 1.54) is 12.3 Å². The first-order chi connectivity index (χ1) is 9.42. The molecule has 0 aliphatic carbocycles. The van der Waals surface area contributed by atoms with E-state index in [9.17, 15) is 8.42 Å². The fraction of sp³-hybridized carbons (Fsp3) is 0.333. The van der Waals surface area contributed by atoms with Crippen molar-refractivity contribution in [2.45, 2.75) is 24.8 Å². The molecule has 0 spiro atoms. The van der Waals surface area contributed by atoms with E-state index in [-0.39, 0.29) is 4.90 Å². The number of hydrogen-bond donors (Lipinski definition) is 2. The van der Waals surface area contributed by atoms with Crippen molar-refractivity contribution in [3.05, 3.63) is 36.2 Å². The molecule has 0 aliphatic rings.